The van der Waals surface area contributed by atoms with Crippen LogP contribution in [0, 0.1) is 6.92 Å². The quantitative estimate of drug-likeness (QED) is 0.783. The number of carboxylic acids is 1. The third kappa shape index (κ3) is 3.54. The number of hydrogen-bond donors (Lipinski definition) is 2. The zero-order valence-electron chi connectivity index (χ0n) is 9.31. The third-order valence-corrected chi connectivity index (χ3v) is 2.75. The lowest BCUT2D eigenvalue weighted by Crippen LogP contribution is -2.11. The standard InChI is InChI=1S/C12H13ClO4/c1-7-4-9(11(15)12(16)17)3-2-8(7)5-10(14)6-13/h2-4,11,15H,5-6H2,1H3,(H,16,17). The van der Waals surface area contributed by atoms with E-state index in [2.05, 4.69) is 0 Å². The topological polar surface area (TPSA) is 74.6 Å². The van der Waals surface area contributed by atoms with Crippen LogP contribution in [0.5, 0.6) is 0 Å². The molecule has 1 unspecified atom stereocenters. The molecular weight excluding hydrogens is 244 g/mol. The Morgan fingerprint density at radius 2 is 2.06 bits per heavy atom. The maximum Gasteiger partial charge on any atom is 0.337 e. The number of halogens is 1. The van der Waals surface area contributed by atoms with Crippen molar-refractivity contribution in [2.75, 3.05) is 5.88 Å². The van der Waals surface area contributed by atoms with E-state index < -0.39 is 12.1 Å². The highest BCUT2D eigenvalue weighted by Gasteiger charge is 2.16. The number of benzene rings is 1. The lowest BCUT2D eigenvalue weighted by Gasteiger charge is -2.10. The molecule has 1 aromatic rings. The summed E-state index contributed by atoms with van der Waals surface area (Å²) in [5.74, 6) is -1.44. The number of ketones is 1. The molecule has 1 aromatic carbocycles. The van der Waals surface area contributed by atoms with E-state index in [-0.39, 0.29) is 18.1 Å². The van der Waals surface area contributed by atoms with E-state index in [4.69, 9.17) is 16.7 Å². The molecule has 0 aliphatic rings. The van der Waals surface area contributed by atoms with Crippen LogP contribution in [-0.4, -0.2) is 27.8 Å². The predicted molar refractivity (Wildman–Crippen MR) is 63.2 cm³/mol. The zero-order valence-corrected chi connectivity index (χ0v) is 10.1. The Morgan fingerprint density at radius 1 is 1.41 bits per heavy atom. The Kier molecular flexibility index (Phi) is 4.66. The van der Waals surface area contributed by atoms with Crippen molar-refractivity contribution in [2.24, 2.45) is 0 Å². The first-order valence-electron chi connectivity index (χ1n) is 5.03. The lowest BCUT2D eigenvalue weighted by atomic mass is 9.99. The van der Waals surface area contributed by atoms with Gasteiger partial charge in [-0.2, -0.15) is 0 Å². The molecule has 5 heteroatoms. The summed E-state index contributed by atoms with van der Waals surface area (Å²) < 4.78 is 0. The summed E-state index contributed by atoms with van der Waals surface area (Å²) in [6.07, 6.45) is -1.31. The number of carbonyl (C=O) groups excluding carboxylic acids is 1. The van der Waals surface area contributed by atoms with Crippen molar-refractivity contribution >= 4 is 23.4 Å². The number of aryl methyl sites for hydroxylation is 1. The van der Waals surface area contributed by atoms with Crippen LogP contribution in [0.25, 0.3) is 0 Å². The normalized spacial score (nSPS) is 12.2. The molecule has 0 saturated heterocycles. The predicted octanol–water partition coefficient (Wildman–Crippen LogP) is 1.46. The molecule has 2 N–H and O–H groups in total. The van der Waals surface area contributed by atoms with Crippen LogP contribution in [0.15, 0.2) is 18.2 Å². The van der Waals surface area contributed by atoms with Gasteiger partial charge in [-0.05, 0) is 23.6 Å². The van der Waals surface area contributed by atoms with E-state index in [0.29, 0.717) is 5.56 Å². The van der Waals surface area contributed by atoms with Crippen molar-refractivity contribution in [1.82, 2.24) is 0 Å². The number of Topliss-reactive ketones (excluding diaryl/α,β-unsaturated/α-hetero) is 1. The van der Waals surface area contributed by atoms with Crippen LogP contribution in [0.4, 0.5) is 0 Å². The molecule has 0 fully saturated rings. The summed E-state index contributed by atoms with van der Waals surface area (Å²) in [7, 11) is 0. The number of carbonyl (C=O) groups is 2. The molecule has 0 bridgehead atoms. The Hall–Kier alpha value is -1.39. The fourth-order valence-corrected chi connectivity index (χ4v) is 1.58. The second kappa shape index (κ2) is 5.80. The van der Waals surface area contributed by atoms with E-state index >= 15 is 0 Å². The first-order valence-corrected chi connectivity index (χ1v) is 5.57. The van der Waals surface area contributed by atoms with Gasteiger partial charge >= 0.3 is 5.97 Å². The van der Waals surface area contributed by atoms with Crippen molar-refractivity contribution in [3.05, 3.63) is 34.9 Å². The second-order valence-electron chi connectivity index (χ2n) is 3.78. The van der Waals surface area contributed by atoms with E-state index in [9.17, 15) is 14.7 Å². The summed E-state index contributed by atoms with van der Waals surface area (Å²) in [6.45, 7) is 1.76. The van der Waals surface area contributed by atoms with Crippen molar-refractivity contribution < 1.29 is 19.8 Å². The number of aliphatic hydroxyl groups excluding tert-OH is 1. The number of carboxylic acid groups (broad SMARTS) is 1. The second-order valence-corrected chi connectivity index (χ2v) is 4.04. The van der Waals surface area contributed by atoms with E-state index in [0.717, 1.165) is 11.1 Å². The molecule has 0 heterocycles. The molecule has 0 saturated carbocycles. The van der Waals surface area contributed by atoms with Crippen molar-refractivity contribution in [1.29, 1.82) is 0 Å². The molecule has 0 aromatic heterocycles. The van der Waals surface area contributed by atoms with Crippen molar-refractivity contribution in [3.8, 4) is 0 Å². The summed E-state index contributed by atoms with van der Waals surface area (Å²) >= 11 is 5.41. The summed E-state index contributed by atoms with van der Waals surface area (Å²) in [4.78, 5) is 21.8. The SMILES string of the molecule is Cc1cc(C(O)C(=O)O)ccc1CC(=O)CCl. The van der Waals surface area contributed by atoms with Crippen LogP contribution in [0.3, 0.4) is 0 Å². The molecule has 1 atom stereocenters. The Morgan fingerprint density at radius 3 is 2.53 bits per heavy atom. The van der Waals surface area contributed by atoms with Crippen molar-refractivity contribution in [2.45, 2.75) is 19.4 Å². The Labute approximate surface area is 104 Å². The van der Waals surface area contributed by atoms with Gasteiger partial charge in [-0.1, -0.05) is 18.2 Å². The molecule has 0 aliphatic carbocycles. The number of hydrogen-bond acceptors (Lipinski definition) is 3. The summed E-state index contributed by atoms with van der Waals surface area (Å²) in [6, 6.07) is 4.71. The summed E-state index contributed by atoms with van der Waals surface area (Å²) in [5, 5.41) is 18.0. The lowest BCUT2D eigenvalue weighted by molar-refractivity contribution is -0.147. The molecule has 92 valence electrons. The van der Waals surface area contributed by atoms with Crippen LogP contribution in [0.1, 0.15) is 22.8 Å². The molecule has 0 amide bonds. The van der Waals surface area contributed by atoms with Crippen LogP contribution in [-0.2, 0) is 16.0 Å². The Balaban J connectivity index is 2.93. The van der Waals surface area contributed by atoms with Crippen LogP contribution >= 0.6 is 11.6 Å². The highest BCUT2D eigenvalue weighted by molar-refractivity contribution is 6.27. The molecular formula is C12H13ClO4. The van der Waals surface area contributed by atoms with Crippen LogP contribution in [0.2, 0.25) is 0 Å². The maximum absolute atomic E-state index is 11.2. The van der Waals surface area contributed by atoms with Gasteiger partial charge in [-0.25, -0.2) is 4.79 Å². The molecule has 0 radical (unpaired) electrons. The smallest absolute Gasteiger partial charge is 0.337 e. The molecule has 0 aliphatic heterocycles. The molecule has 1 rings (SSSR count). The molecule has 4 nitrogen and oxygen atoms in total. The number of aliphatic carboxylic acids is 1. The van der Waals surface area contributed by atoms with E-state index in [1.54, 1.807) is 19.1 Å². The van der Waals surface area contributed by atoms with E-state index in [1.165, 1.54) is 6.07 Å². The first-order chi connectivity index (χ1) is 7.95. The minimum Gasteiger partial charge on any atom is -0.479 e. The molecule has 0 spiro atoms. The average molecular weight is 257 g/mol. The van der Waals surface area contributed by atoms with Gasteiger partial charge in [0.25, 0.3) is 0 Å². The third-order valence-electron chi connectivity index (χ3n) is 2.45. The monoisotopic (exact) mass is 256 g/mol. The van der Waals surface area contributed by atoms with Gasteiger partial charge in [-0.15, -0.1) is 11.6 Å². The highest BCUT2D eigenvalue weighted by atomic mass is 35.5. The van der Waals surface area contributed by atoms with Gasteiger partial charge in [0.2, 0.25) is 0 Å². The van der Waals surface area contributed by atoms with Gasteiger partial charge < -0.3 is 10.2 Å². The maximum atomic E-state index is 11.2. The van der Waals surface area contributed by atoms with Gasteiger partial charge in [0, 0.05) is 6.42 Å². The van der Waals surface area contributed by atoms with E-state index in [1.807, 2.05) is 0 Å². The largest absolute Gasteiger partial charge is 0.479 e. The number of aliphatic hydroxyl groups is 1. The van der Waals surface area contributed by atoms with Crippen LogP contribution < -0.4 is 0 Å². The zero-order chi connectivity index (χ0) is 13.0. The van der Waals surface area contributed by atoms with Gasteiger partial charge in [0.15, 0.2) is 11.9 Å². The van der Waals surface area contributed by atoms with Gasteiger partial charge in [-0.3, -0.25) is 4.79 Å². The fourth-order valence-electron chi connectivity index (χ4n) is 1.49. The summed E-state index contributed by atoms with van der Waals surface area (Å²) in [5.41, 5.74) is 1.86. The fraction of sp³-hybridized carbons (Fsp3) is 0.333. The van der Waals surface area contributed by atoms with Gasteiger partial charge in [0.1, 0.15) is 0 Å². The number of alkyl halides is 1. The minimum atomic E-state index is -1.54. The minimum absolute atomic E-state index is 0.0427. The van der Waals surface area contributed by atoms with Gasteiger partial charge in [0.05, 0.1) is 5.88 Å². The highest BCUT2D eigenvalue weighted by Crippen LogP contribution is 2.18. The molecule has 17 heavy (non-hydrogen) atoms. The Bertz CT molecular complexity index is 442. The average Bonchev–Trinajstić information content (AvgIpc) is 2.30. The van der Waals surface area contributed by atoms with Crippen molar-refractivity contribution in [3.63, 3.8) is 0 Å². The number of rotatable bonds is 5. The first kappa shape index (κ1) is 13.7.